The number of amides is 2. The number of anilines is 1. The molecule has 0 radical (unpaired) electrons. The zero-order valence-electron chi connectivity index (χ0n) is 16.3. The number of hydrazone groups is 1. The van der Waals surface area contributed by atoms with Crippen molar-refractivity contribution in [2.75, 3.05) is 11.6 Å². The van der Waals surface area contributed by atoms with E-state index in [1.54, 1.807) is 12.4 Å². The third-order valence-electron chi connectivity index (χ3n) is 5.48. The summed E-state index contributed by atoms with van der Waals surface area (Å²) in [6, 6.07) is 9.90. The number of hydrogen-bond acceptors (Lipinski definition) is 4. The molecule has 1 unspecified atom stereocenters. The second-order valence-corrected chi connectivity index (χ2v) is 7.48. The van der Waals surface area contributed by atoms with Crippen molar-refractivity contribution in [2.24, 2.45) is 5.10 Å². The molecule has 28 heavy (non-hydrogen) atoms. The fourth-order valence-corrected chi connectivity index (χ4v) is 3.95. The molecule has 0 spiro atoms. The molecule has 6 nitrogen and oxygen atoms in total. The summed E-state index contributed by atoms with van der Waals surface area (Å²) in [7, 11) is 0. The number of rotatable bonds is 3. The second kappa shape index (κ2) is 7.54. The van der Waals surface area contributed by atoms with Gasteiger partial charge >= 0.3 is 0 Å². The van der Waals surface area contributed by atoms with Crippen molar-refractivity contribution in [1.29, 1.82) is 0 Å². The lowest BCUT2D eigenvalue weighted by Gasteiger charge is -2.29. The lowest BCUT2D eigenvalue weighted by atomic mass is 10.0. The molecule has 4 rings (SSSR count). The minimum atomic E-state index is -0.0719. The third-order valence-corrected chi connectivity index (χ3v) is 5.48. The molecule has 1 saturated heterocycles. The number of benzene rings is 1. The largest absolute Gasteiger partial charge is 0.330 e. The van der Waals surface area contributed by atoms with Crippen LogP contribution in [0.3, 0.4) is 0 Å². The molecule has 1 aromatic carbocycles. The number of hydrogen-bond donors (Lipinski definition) is 0. The molecule has 0 aliphatic carbocycles. The minimum absolute atomic E-state index is 0.0463. The molecular formula is C22H24N4O2. The van der Waals surface area contributed by atoms with Crippen LogP contribution in [0.2, 0.25) is 0 Å². The van der Waals surface area contributed by atoms with E-state index in [1.807, 2.05) is 49.1 Å². The predicted molar refractivity (Wildman–Crippen MR) is 108 cm³/mol. The molecule has 1 atom stereocenters. The van der Waals surface area contributed by atoms with Gasteiger partial charge in [0.25, 0.3) is 5.91 Å². The van der Waals surface area contributed by atoms with Crippen LogP contribution in [-0.4, -0.2) is 34.0 Å². The summed E-state index contributed by atoms with van der Waals surface area (Å²) in [4.78, 5) is 31.7. The quantitative estimate of drug-likeness (QED) is 0.823. The Labute approximate surface area is 164 Å². The molecule has 1 fully saturated rings. The lowest BCUT2D eigenvalue weighted by molar-refractivity contribution is -0.125. The summed E-state index contributed by atoms with van der Waals surface area (Å²) in [5.74, 6) is -0.139. The van der Waals surface area contributed by atoms with E-state index in [4.69, 9.17) is 0 Å². The van der Waals surface area contributed by atoms with Gasteiger partial charge in [-0.25, -0.2) is 5.01 Å². The molecule has 0 N–H and O–H groups in total. The Hall–Kier alpha value is -3.02. The normalized spacial score (nSPS) is 19.7. The molecule has 3 heterocycles. The van der Waals surface area contributed by atoms with Gasteiger partial charge in [-0.15, -0.1) is 0 Å². The van der Waals surface area contributed by atoms with Crippen molar-refractivity contribution >= 4 is 23.2 Å². The SMILES string of the molecule is Cc1ccc(C)c(N2N=C(C(=O)N3CCCC3c3ccncc3)CCC2=O)c1. The maximum Gasteiger partial charge on any atom is 0.270 e. The predicted octanol–water partition coefficient (Wildman–Crippen LogP) is 3.54. The minimum Gasteiger partial charge on any atom is -0.330 e. The van der Waals surface area contributed by atoms with E-state index >= 15 is 0 Å². The van der Waals surface area contributed by atoms with E-state index in [0.29, 0.717) is 25.1 Å². The Bertz CT molecular complexity index is 939. The van der Waals surface area contributed by atoms with Gasteiger partial charge < -0.3 is 4.90 Å². The molecule has 2 aromatic rings. The van der Waals surface area contributed by atoms with E-state index in [0.717, 1.165) is 35.2 Å². The summed E-state index contributed by atoms with van der Waals surface area (Å²) >= 11 is 0. The number of aromatic nitrogens is 1. The first-order valence-corrected chi connectivity index (χ1v) is 9.73. The van der Waals surface area contributed by atoms with E-state index in [-0.39, 0.29) is 17.9 Å². The van der Waals surface area contributed by atoms with Crippen LogP contribution in [0.1, 0.15) is 48.4 Å². The number of pyridine rings is 1. The monoisotopic (exact) mass is 376 g/mol. The third kappa shape index (κ3) is 3.42. The van der Waals surface area contributed by atoms with E-state index in [1.165, 1.54) is 5.01 Å². The highest BCUT2D eigenvalue weighted by Crippen LogP contribution is 2.33. The standard InChI is InChI=1S/C22H24N4O2/c1-15-5-6-16(2)20(14-15)26-21(27)8-7-18(24-26)22(28)25-13-3-4-19(25)17-9-11-23-12-10-17/h5-6,9-12,14,19H,3-4,7-8,13H2,1-2H3. The molecule has 144 valence electrons. The summed E-state index contributed by atoms with van der Waals surface area (Å²) < 4.78 is 0. The van der Waals surface area contributed by atoms with Crippen LogP contribution in [0.4, 0.5) is 5.69 Å². The van der Waals surface area contributed by atoms with Crippen molar-refractivity contribution in [3.63, 3.8) is 0 Å². The number of carbonyl (C=O) groups is 2. The number of aryl methyl sites for hydroxylation is 2. The van der Waals surface area contributed by atoms with Gasteiger partial charge in [0.1, 0.15) is 5.71 Å². The molecule has 2 aliphatic heterocycles. The average Bonchev–Trinajstić information content (AvgIpc) is 3.20. The molecule has 0 bridgehead atoms. The summed E-state index contributed by atoms with van der Waals surface area (Å²) in [5.41, 5.74) is 4.33. The molecule has 6 heteroatoms. The maximum absolute atomic E-state index is 13.3. The number of nitrogens with zero attached hydrogens (tertiary/aromatic N) is 4. The Morgan fingerprint density at radius 2 is 1.89 bits per heavy atom. The number of likely N-dealkylation sites (tertiary alicyclic amines) is 1. The zero-order valence-corrected chi connectivity index (χ0v) is 16.3. The van der Waals surface area contributed by atoms with Gasteiger partial charge in [0.2, 0.25) is 5.91 Å². The first kappa shape index (κ1) is 18.3. The van der Waals surface area contributed by atoms with Crippen LogP contribution in [0.15, 0.2) is 47.8 Å². The van der Waals surface area contributed by atoms with Crippen LogP contribution in [0.5, 0.6) is 0 Å². The van der Waals surface area contributed by atoms with Gasteiger partial charge in [-0.3, -0.25) is 14.6 Å². The summed E-state index contributed by atoms with van der Waals surface area (Å²) in [6.07, 6.45) is 6.10. The lowest BCUT2D eigenvalue weighted by Crippen LogP contribution is -2.41. The van der Waals surface area contributed by atoms with Crippen molar-refractivity contribution in [3.8, 4) is 0 Å². The molecule has 2 amide bonds. The second-order valence-electron chi connectivity index (χ2n) is 7.48. The van der Waals surface area contributed by atoms with E-state index < -0.39 is 0 Å². The summed E-state index contributed by atoms with van der Waals surface area (Å²) in [5, 5.41) is 5.92. The zero-order chi connectivity index (χ0) is 19.7. The van der Waals surface area contributed by atoms with Gasteiger partial charge in [-0.1, -0.05) is 12.1 Å². The highest BCUT2D eigenvalue weighted by Gasteiger charge is 2.35. The van der Waals surface area contributed by atoms with Crippen molar-refractivity contribution in [3.05, 3.63) is 59.4 Å². The molecular weight excluding hydrogens is 352 g/mol. The van der Waals surface area contributed by atoms with Gasteiger partial charge in [-0.2, -0.15) is 5.10 Å². The van der Waals surface area contributed by atoms with Crippen LogP contribution < -0.4 is 5.01 Å². The van der Waals surface area contributed by atoms with Crippen molar-refractivity contribution in [1.82, 2.24) is 9.88 Å². The Balaban J connectivity index is 1.63. The van der Waals surface area contributed by atoms with E-state index in [9.17, 15) is 9.59 Å². The molecule has 1 aromatic heterocycles. The fraction of sp³-hybridized carbons (Fsp3) is 0.364. The molecule has 2 aliphatic rings. The highest BCUT2D eigenvalue weighted by atomic mass is 16.2. The fourth-order valence-electron chi connectivity index (χ4n) is 3.95. The highest BCUT2D eigenvalue weighted by molar-refractivity contribution is 6.40. The smallest absolute Gasteiger partial charge is 0.270 e. The average molecular weight is 376 g/mol. The van der Waals surface area contributed by atoms with E-state index in [2.05, 4.69) is 10.1 Å². The maximum atomic E-state index is 13.3. The number of carbonyl (C=O) groups excluding carboxylic acids is 2. The Kier molecular flexibility index (Phi) is 4.94. The van der Waals surface area contributed by atoms with Gasteiger partial charge in [0.15, 0.2) is 0 Å². The molecule has 0 saturated carbocycles. The van der Waals surface area contributed by atoms with Crippen molar-refractivity contribution < 1.29 is 9.59 Å². The Morgan fingerprint density at radius 1 is 1.11 bits per heavy atom. The van der Waals surface area contributed by atoms with Crippen molar-refractivity contribution in [2.45, 2.75) is 45.6 Å². The first-order chi connectivity index (χ1) is 13.5. The van der Waals surface area contributed by atoms with Gasteiger partial charge in [0.05, 0.1) is 11.7 Å². The van der Waals surface area contributed by atoms with Gasteiger partial charge in [0, 0.05) is 31.8 Å². The van der Waals surface area contributed by atoms with Crippen LogP contribution in [0.25, 0.3) is 0 Å². The topological polar surface area (TPSA) is 65.9 Å². The Morgan fingerprint density at radius 3 is 2.68 bits per heavy atom. The van der Waals surface area contributed by atoms with Crippen LogP contribution in [0, 0.1) is 13.8 Å². The summed E-state index contributed by atoms with van der Waals surface area (Å²) in [6.45, 7) is 4.65. The first-order valence-electron chi connectivity index (χ1n) is 9.73. The van der Waals surface area contributed by atoms with Crippen LogP contribution >= 0.6 is 0 Å². The van der Waals surface area contributed by atoms with Gasteiger partial charge in [-0.05, 0) is 61.6 Å². The van der Waals surface area contributed by atoms with Crippen LogP contribution in [-0.2, 0) is 9.59 Å².